The van der Waals surface area contributed by atoms with Gasteiger partial charge >= 0.3 is 0 Å². The Morgan fingerprint density at radius 3 is 2.88 bits per heavy atom. The van der Waals surface area contributed by atoms with Gasteiger partial charge in [-0.3, -0.25) is 4.79 Å². The quantitative estimate of drug-likeness (QED) is 0.877. The summed E-state index contributed by atoms with van der Waals surface area (Å²) in [5.41, 5.74) is 1.23. The Morgan fingerprint density at radius 2 is 2.12 bits per heavy atom. The Labute approximate surface area is 100 Å². The summed E-state index contributed by atoms with van der Waals surface area (Å²) in [6.45, 7) is 4.00. The molecule has 0 saturated carbocycles. The Morgan fingerprint density at radius 1 is 1.35 bits per heavy atom. The average Bonchev–Trinajstić information content (AvgIpc) is 2.37. The summed E-state index contributed by atoms with van der Waals surface area (Å²) in [4.78, 5) is 20.2. The first-order chi connectivity index (χ1) is 8.22. The topological polar surface area (TPSA) is 54.9 Å². The summed E-state index contributed by atoms with van der Waals surface area (Å²) >= 11 is 0. The third-order valence-corrected chi connectivity index (χ3v) is 2.75. The van der Waals surface area contributed by atoms with Crippen molar-refractivity contribution in [2.24, 2.45) is 0 Å². The smallest absolute Gasteiger partial charge is 0.270 e. The molecule has 0 aliphatic rings. The lowest BCUT2D eigenvalue weighted by Crippen LogP contribution is -2.32. The summed E-state index contributed by atoms with van der Waals surface area (Å²) < 4.78 is 0. The molecule has 1 aromatic heterocycles. The van der Waals surface area contributed by atoms with Crippen LogP contribution in [0.15, 0.2) is 30.6 Å². The van der Waals surface area contributed by atoms with Gasteiger partial charge in [0.05, 0.1) is 5.52 Å². The van der Waals surface area contributed by atoms with E-state index in [1.807, 2.05) is 38.1 Å². The number of fused-ring (bicyclic) bond motifs is 1. The minimum absolute atomic E-state index is 0.141. The Balaban J connectivity index is 2.38. The predicted molar refractivity (Wildman–Crippen MR) is 66.8 cm³/mol. The fourth-order valence-electron chi connectivity index (χ4n) is 1.58. The molecule has 1 unspecified atom stereocenters. The maximum atomic E-state index is 12.0. The number of para-hydroxylation sites is 1. The minimum atomic E-state index is -0.141. The first kappa shape index (κ1) is 11.5. The highest BCUT2D eigenvalue weighted by atomic mass is 16.1. The third-order valence-electron chi connectivity index (χ3n) is 2.75. The largest absolute Gasteiger partial charge is 0.348 e. The molecule has 1 amide bonds. The molecule has 0 fully saturated rings. The molecule has 0 aliphatic heterocycles. The zero-order valence-corrected chi connectivity index (χ0v) is 9.97. The lowest BCUT2D eigenvalue weighted by atomic mass is 10.1. The maximum absolute atomic E-state index is 12.0. The second kappa shape index (κ2) is 4.91. The van der Waals surface area contributed by atoms with Gasteiger partial charge in [-0.1, -0.05) is 25.1 Å². The van der Waals surface area contributed by atoms with Crippen LogP contribution < -0.4 is 5.32 Å². The van der Waals surface area contributed by atoms with E-state index in [9.17, 15) is 4.79 Å². The van der Waals surface area contributed by atoms with Crippen molar-refractivity contribution in [3.63, 3.8) is 0 Å². The van der Waals surface area contributed by atoms with Crippen molar-refractivity contribution >= 4 is 16.8 Å². The number of amides is 1. The molecule has 0 aliphatic carbocycles. The van der Waals surface area contributed by atoms with Gasteiger partial charge in [0.25, 0.3) is 5.91 Å². The molecule has 4 nitrogen and oxygen atoms in total. The van der Waals surface area contributed by atoms with Crippen LogP contribution in [0.25, 0.3) is 10.9 Å². The lowest BCUT2D eigenvalue weighted by molar-refractivity contribution is 0.0936. The third kappa shape index (κ3) is 2.41. The van der Waals surface area contributed by atoms with Crippen molar-refractivity contribution in [2.45, 2.75) is 26.3 Å². The van der Waals surface area contributed by atoms with Gasteiger partial charge < -0.3 is 5.32 Å². The highest BCUT2D eigenvalue weighted by molar-refractivity contribution is 6.04. The van der Waals surface area contributed by atoms with Crippen molar-refractivity contribution in [3.8, 4) is 0 Å². The summed E-state index contributed by atoms with van der Waals surface area (Å²) in [5, 5.41) is 3.70. The second-order valence-corrected chi connectivity index (χ2v) is 4.02. The normalized spacial score (nSPS) is 12.4. The number of benzene rings is 1. The molecule has 1 heterocycles. The summed E-state index contributed by atoms with van der Waals surface area (Å²) in [6.07, 6.45) is 2.32. The van der Waals surface area contributed by atoms with Gasteiger partial charge in [0, 0.05) is 11.4 Å². The van der Waals surface area contributed by atoms with Crippen LogP contribution in [0.1, 0.15) is 30.8 Å². The number of carbonyl (C=O) groups excluding carboxylic acids is 1. The van der Waals surface area contributed by atoms with E-state index in [1.54, 1.807) is 0 Å². The van der Waals surface area contributed by atoms with E-state index in [0.717, 1.165) is 17.3 Å². The Kier molecular flexibility index (Phi) is 3.32. The predicted octanol–water partition coefficient (Wildman–Crippen LogP) is 2.16. The van der Waals surface area contributed by atoms with E-state index in [0.29, 0.717) is 5.69 Å². The van der Waals surface area contributed by atoms with Gasteiger partial charge in [0.1, 0.15) is 12.0 Å². The molecule has 0 spiro atoms. The highest BCUT2D eigenvalue weighted by Gasteiger charge is 2.13. The van der Waals surface area contributed by atoms with E-state index in [2.05, 4.69) is 15.3 Å². The van der Waals surface area contributed by atoms with E-state index < -0.39 is 0 Å². The molecule has 1 atom stereocenters. The number of carbonyl (C=O) groups is 1. The number of nitrogens with zero attached hydrogens (tertiary/aromatic N) is 2. The summed E-state index contributed by atoms with van der Waals surface area (Å²) in [6, 6.07) is 7.66. The maximum Gasteiger partial charge on any atom is 0.270 e. The van der Waals surface area contributed by atoms with E-state index in [-0.39, 0.29) is 11.9 Å². The van der Waals surface area contributed by atoms with Crippen LogP contribution in [0.2, 0.25) is 0 Å². The lowest BCUT2D eigenvalue weighted by Gasteiger charge is -2.11. The number of rotatable bonds is 3. The molecule has 0 saturated heterocycles. The number of hydrogen-bond donors (Lipinski definition) is 1. The van der Waals surface area contributed by atoms with Gasteiger partial charge in [-0.2, -0.15) is 0 Å². The molecule has 88 valence electrons. The first-order valence-corrected chi connectivity index (χ1v) is 5.73. The zero-order chi connectivity index (χ0) is 12.3. The van der Waals surface area contributed by atoms with Crippen molar-refractivity contribution in [1.82, 2.24) is 15.3 Å². The fourth-order valence-corrected chi connectivity index (χ4v) is 1.58. The molecule has 1 aromatic carbocycles. The van der Waals surface area contributed by atoms with Crippen LogP contribution in [-0.2, 0) is 0 Å². The molecule has 0 bridgehead atoms. The highest BCUT2D eigenvalue weighted by Crippen LogP contribution is 2.13. The average molecular weight is 229 g/mol. The van der Waals surface area contributed by atoms with E-state index >= 15 is 0 Å². The molecule has 17 heavy (non-hydrogen) atoms. The first-order valence-electron chi connectivity index (χ1n) is 5.73. The van der Waals surface area contributed by atoms with Gasteiger partial charge in [0.2, 0.25) is 0 Å². The SMILES string of the molecule is CCC(C)NC(=O)c1ncnc2ccccc12. The standard InChI is InChI=1S/C13H15N3O/c1-3-9(2)16-13(17)12-10-6-4-5-7-11(10)14-8-15-12/h4-9H,3H2,1-2H3,(H,16,17). The number of nitrogens with one attached hydrogen (secondary N) is 1. The number of hydrogen-bond acceptors (Lipinski definition) is 3. The monoisotopic (exact) mass is 229 g/mol. The summed E-state index contributed by atoms with van der Waals surface area (Å²) in [5.74, 6) is -0.141. The Bertz CT molecular complexity index is 534. The van der Waals surface area contributed by atoms with E-state index in [4.69, 9.17) is 0 Å². The van der Waals surface area contributed by atoms with Gasteiger partial charge in [-0.25, -0.2) is 9.97 Å². The molecule has 1 N–H and O–H groups in total. The van der Waals surface area contributed by atoms with Crippen LogP contribution in [0.5, 0.6) is 0 Å². The fraction of sp³-hybridized carbons (Fsp3) is 0.308. The molecular formula is C13H15N3O. The van der Waals surface area contributed by atoms with Gasteiger partial charge in [-0.15, -0.1) is 0 Å². The molecule has 2 rings (SSSR count). The van der Waals surface area contributed by atoms with Crippen LogP contribution >= 0.6 is 0 Å². The zero-order valence-electron chi connectivity index (χ0n) is 9.97. The van der Waals surface area contributed by atoms with Crippen LogP contribution in [-0.4, -0.2) is 21.9 Å². The van der Waals surface area contributed by atoms with Gasteiger partial charge in [-0.05, 0) is 19.4 Å². The van der Waals surface area contributed by atoms with Gasteiger partial charge in [0.15, 0.2) is 0 Å². The minimum Gasteiger partial charge on any atom is -0.348 e. The Hall–Kier alpha value is -1.97. The molecule has 0 radical (unpaired) electrons. The summed E-state index contributed by atoms with van der Waals surface area (Å²) in [7, 11) is 0. The van der Waals surface area contributed by atoms with Crippen molar-refractivity contribution in [2.75, 3.05) is 0 Å². The second-order valence-electron chi connectivity index (χ2n) is 4.02. The molecule has 4 heteroatoms. The van der Waals surface area contributed by atoms with Crippen LogP contribution in [0.4, 0.5) is 0 Å². The van der Waals surface area contributed by atoms with Crippen molar-refractivity contribution in [3.05, 3.63) is 36.3 Å². The van der Waals surface area contributed by atoms with Crippen molar-refractivity contribution < 1.29 is 4.79 Å². The van der Waals surface area contributed by atoms with Crippen LogP contribution in [0, 0.1) is 0 Å². The molecule has 2 aromatic rings. The number of aromatic nitrogens is 2. The van der Waals surface area contributed by atoms with Crippen molar-refractivity contribution in [1.29, 1.82) is 0 Å². The van der Waals surface area contributed by atoms with E-state index in [1.165, 1.54) is 6.33 Å². The van der Waals surface area contributed by atoms with Crippen LogP contribution in [0.3, 0.4) is 0 Å². The molecular weight excluding hydrogens is 214 g/mol.